The van der Waals surface area contributed by atoms with Crippen molar-refractivity contribution in [3.05, 3.63) is 30.5 Å². The second kappa shape index (κ2) is 4.65. The predicted octanol–water partition coefficient (Wildman–Crippen LogP) is 0.654. The third-order valence-electron chi connectivity index (χ3n) is 2.87. The quantitative estimate of drug-likeness (QED) is 0.703. The zero-order valence-corrected chi connectivity index (χ0v) is 11.1. The van der Waals surface area contributed by atoms with Gasteiger partial charge in [-0.3, -0.25) is 4.68 Å². The van der Waals surface area contributed by atoms with Crippen molar-refractivity contribution in [3.8, 4) is 23.0 Å². The summed E-state index contributed by atoms with van der Waals surface area (Å²) in [6.07, 6.45) is 1.82. The number of nitrogens with two attached hydrogens (primary N) is 1. The maximum absolute atomic E-state index is 5.91. The molecule has 0 spiro atoms. The highest BCUT2D eigenvalue weighted by molar-refractivity contribution is 5.66. The standard InChI is InChI=1S/C12H13N7O/c1-18-6-5-11(15-18)19-12(14-16-17-19)8-3-4-10(20-2)9(13)7-8/h3-7H,13H2,1-2H3. The first kappa shape index (κ1) is 12.2. The molecule has 3 rings (SSSR count). The van der Waals surface area contributed by atoms with Gasteiger partial charge >= 0.3 is 0 Å². The van der Waals surface area contributed by atoms with E-state index in [9.17, 15) is 0 Å². The number of aromatic nitrogens is 6. The number of ether oxygens (including phenoxy) is 1. The minimum Gasteiger partial charge on any atom is -0.495 e. The first-order valence-electron chi connectivity index (χ1n) is 5.91. The fourth-order valence-corrected chi connectivity index (χ4v) is 1.91. The summed E-state index contributed by atoms with van der Waals surface area (Å²) >= 11 is 0. The van der Waals surface area contributed by atoms with E-state index in [-0.39, 0.29) is 0 Å². The van der Waals surface area contributed by atoms with Gasteiger partial charge in [-0.1, -0.05) is 0 Å². The topological polar surface area (TPSA) is 96.7 Å². The lowest BCUT2D eigenvalue weighted by Crippen LogP contribution is -2.02. The van der Waals surface area contributed by atoms with Crippen LogP contribution in [-0.2, 0) is 7.05 Å². The van der Waals surface area contributed by atoms with Gasteiger partial charge in [-0.15, -0.1) is 5.10 Å². The number of hydrogen-bond donors (Lipinski definition) is 1. The molecule has 0 aliphatic rings. The van der Waals surface area contributed by atoms with Gasteiger partial charge in [-0.25, -0.2) is 0 Å². The number of hydrogen-bond acceptors (Lipinski definition) is 6. The number of aryl methyl sites for hydroxylation is 1. The van der Waals surface area contributed by atoms with Crippen LogP contribution in [0.5, 0.6) is 5.75 Å². The van der Waals surface area contributed by atoms with E-state index in [1.54, 1.807) is 28.6 Å². The largest absolute Gasteiger partial charge is 0.495 e. The van der Waals surface area contributed by atoms with E-state index in [0.717, 1.165) is 5.56 Å². The molecule has 0 aliphatic heterocycles. The maximum Gasteiger partial charge on any atom is 0.189 e. The fourth-order valence-electron chi connectivity index (χ4n) is 1.91. The van der Waals surface area contributed by atoms with Crippen LogP contribution in [0, 0.1) is 0 Å². The second-order valence-corrected chi connectivity index (χ2v) is 4.22. The summed E-state index contributed by atoms with van der Waals surface area (Å²) in [4.78, 5) is 0. The minimum atomic E-state index is 0.528. The van der Waals surface area contributed by atoms with Gasteiger partial charge in [0, 0.05) is 24.9 Å². The van der Waals surface area contributed by atoms with Gasteiger partial charge in [0.15, 0.2) is 11.6 Å². The second-order valence-electron chi connectivity index (χ2n) is 4.22. The number of methoxy groups -OCH3 is 1. The van der Waals surface area contributed by atoms with E-state index >= 15 is 0 Å². The van der Waals surface area contributed by atoms with Crippen molar-refractivity contribution in [2.24, 2.45) is 7.05 Å². The van der Waals surface area contributed by atoms with E-state index in [0.29, 0.717) is 23.1 Å². The van der Waals surface area contributed by atoms with Crippen LogP contribution < -0.4 is 10.5 Å². The molecule has 2 aromatic heterocycles. The van der Waals surface area contributed by atoms with Crippen LogP contribution in [0.4, 0.5) is 5.69 Å². The number of nitrogens with zero attached hydrogens (tertiary/aromatic N) is 6. The number of tetrazole rings is 1. The molecule has 2 N–H and O–H groups in total. The van der Waals surface area contributed by atoms with Crippen molar-refractivity contribution in [1.82, 2.24) is 30.0 Å². The summed E-state index contributed by atoms with van der Waals surface area (Å²) in [7, 11) is 3.40. The highest BCUT2D eigenvalue weighted by Crippen LogP contribution is 2.27. The van der Waals surface area contributed by atoms with Crippen molar-refractivity contribution in [2.75, 3.05) is 12.8 Å². The zero-order valence-electron chi connectivity index (χ0n) is 11.1. The van der Waals surface area contributed by atoms with E-state index < -0.39 is 0 Å². The van der Waals surface area contributed by atoms with Crippen LogP contribution in [0.25, 0.3) is 17.2 Å². The highest BCUT2D eigenvalue weighted by Gasteiger charge is 2.13. The van der Waals surface area contributed by atoms with Gasteiger partial charge in [0.2, 0.25) is 0 Å². The van der Waals surface area contributed by atoms with Gasteiger partial charge in [0.25, 0.3) is 0 Å². The number of rotatable bonds is 3. The average Bonchev–Trinajstić information content (AvgIpc) is 3.06. The fraction of sp³-hybridized carbons (Fsp3) is 0.167. The molecule has 8 heteroatoms. The number of nitrogen functional groups attached to an aromatic ring is 1. The van der Waals surface area contributed by atoms with Gasteiger partial charge in [0.1, 0.15) is 5.75 Å². The van der Waals surface area contributed by atoms with Crippen LogP contribution in [0.15, 0.2) is 30.5 Å². The lowest BCUT2D eigenvalue weighted by molar-refractivity contribution is 0.417. The highest BCUT2D eigenvalue weighted by atomic mass is 16.5. The Hall–Kier alpha value is -2.90. The van der Waals surface area contributed by atoms with Crippen molar-refractivity contribution in [1.29, 1.82) is 0 Å². The summed E-state index contributed by atoms with van der Waals surface area (Å²) in [6.45, 7) is 0. The molecule has 8 nitrogen and oxygen atoms in total. The molecule has 0 amide bonds. The Balaban J connectivity index is 2.07. The van der Waals surface area contributed by atoms with Gasteiger partial charge in [-0.05, 0) is 28.6 Å². The Kier molecular flexibility index (Phi) is 2.82. The Morgan fingerprint density at radius 1 is 1.25 bits per heavy atom. The van der Waals surface area contributed by atoms with E-state index in [2.05, 4.69) is 20.6 Å². The molecule has 0 fully saturated rings. The average molecular weight is 271 g/mol. The SMILES string of the molecule is COc1ccc(-c2nnnn2-c2ccn(C)n2)cc1N. The van der Waals surface area contributed by atoms with Crippen molar-refractivity contribution >= 4 is 5.69 Å². The molecule has 0 unspecified atom stereocenters. The summed E-state index contributed by atoms with van der Waals surface area (Å²) in [5, 5.41) is 16.0. The molecule has 3 aromatic rings. The van der Waals surface area contributed by atoms with Crippen LogP contribution in [0.3, 0.4) is 0 Å². The summed E-state index contributed by atoms with van der Waals surface area (Å²) < 4.78 is 8.38. The Morgan fingerprint density at radius 3 is 2.75 bits per heavy atom. The third-order valence-corrected chi connectivity index (χ3v) is 2.87. The van der Waals surface area contributed by atoms with Crippen LogP contribution in [0.1, 0.15) is 0 Å². The molecule has 2 heterocycles. The smallest absolute Gasteiger partial charge is 0.189 e. The predicted molar refractivity (Wildman–Crippen MR) is 72.3 cm³/mol. The lowest BCUT2D eigenvalue weighted by atomic mass is 10.2. The Morgan fingerprint density at radius 2 is 2.10 bits per heavy atom. The number of anilines is 1. The summed E-state index contributed by atoms with van der Waals surface area (Å²) in [5.41, 5.74) is 7.23. The molecule has 0 saturated heterocycles. The van der Waals surface area contributed by atoms with Gasteiger partial charge < -0.3 is 10.5 Å². The van der Waals surface area contributed by atoms with Crippen molar-refractivity contribution in [2.45, 2.75) is 0 Å². The zero-order chi connectivity index (χ0) is 14.1. The first-order valence-corrected chi connectivity index (χ1v) is 5.91. The molecule has 0 saturated carbocycles. The van der Waals surface area contributed by atoms with Crippen LogP contribution in [0.2, 0.25) is 0 Å². The third kappa shape index (κ3) is 1.96. The van der Waals surface area contributed by atoms with Crippen LogP contribution in [-0.4, -0.2) is 37.1 Å². The molecular formula is C12H13N7O. The molecular weight excluding hydrogens is 258 g/mol. The molecule has 0 radical (unpaired) electrons. The van der Waals surface area contributed by atoms with E-state index in [1.165, 1.54) is 0 Å². The number of benzene rings is 1. The maximum atomic E-state index is 5.91. The molecule has 102 valence electrons. The van der Waals surface area contributed by atoms with Gasteiger partial charge in [0.05, 0.1) is 12.8 Å². The molecule has 0 aliphatic carbocycles. The Labute approximate surface area is 114 Å². The minimum absolute atomic E-state index is 0.528. The summed E-state index contributed by atoms with van der Waals surface area (Å²) in [6, 6.07) is 7.22. The van der Waals surface area contributed by atoms with E-state index in [4.69, 9.17) is 10.5 Å². The Bertz CT molecular complexity index is 746. The van der Waals surface area contributed by atoms with Crippen molar-refractivity contribution < 1.29 is 4.74 Å². The normalized spacial score (nSPS) is 10.7. The van der Waals surface area contributed by atoms with Gasteiger partial charge in [-0.2, -0.15) is 9.78 Å². The first-order chi connectivity index (χ1) is 9.69. The molecule has 1 aromatic carbocycles. The molecule has 20 heavy (non-hydrogen) atoms. The monoisotopic (exact) mass is 271 g/mol. The van der Waals surface area contributed by atoms with Crippen molar-refractivity contribution in [3.63, 3.8) is 0 Å². The molecule has 0 atom stereocenters. The summed E-state index contributed by atoms with van der Waals surface area (Å²) in [5.74, 6) is 1.82. The van der Waals surface area contributed by atoms with E-state index in [1.807, 2.05) is 25.4 Å². The molecule has 0 bridgehead atoms. The van der Waals surface area contributed by atoms with Crippen LogP contribution >= 0.6 is 0 Å². The lowest BCUT2D eigenvalue weighted by Gasteiger charge is -2.06.